The van der Waals surface area contributed by atoms with Crippen molar-refractivity contribution in [2.24, 2.45) is 0 Å². The molecule has 22 heavy (non-hydrogen) atoms. The first-order valence-corrected chi connectivity index (χ1v) is 6.32. The van der Waals surface area contributed by atoms with Gasteiger partial charge in [-0.25, -0.2) is 13.2 Å². The van der Waals surface area contributed by atoms with Gasteiger partial charge in [0.25, 0.3) is 0 Å². The van der Waals surface area contributed by atoms with Gasteiger partial charge in [0.05, 0.1) is 25.0 Å². The standard InChI is InChI=1S/C15H13F3N2O2/c1-22-14-7-10(17)3-5-13(14)19-8-15(21)20-12-4-2-9(16)6-11(12)18/h2-7,19H,8H2,1H3,(H,20,21). The highest BCUT2D eigenvalue weighted by molar-refractivity contribution is 5.94. The second-order valence-electron chi connectivity index (χ2n) is 4.37. The molecule has 0 bridgehead atoms. The molecule has 4 nitrogen and oxygen atoms in total. The van der Waals surface area contributed by atoms with Crippen molar-refractivity contribution in [3.63, 3.8) is 0 Å². The summed E-state index contributed by atoms with van der Waals surface area (Å²) < 4.78 is 44.2. The van der Waals surface area contributed by atoms with Crippen LogP contribution in [0.2, 0.25) is 0 Å². The molecular formula is C15H13F3N2O2. The van der Waals surface area contributed by atoms with Gasteiger partial charge in [-0.15, -0.1) is 0 Å². The Bertz CT molecular complexity index is 692. The summed E-state index contributed by atoms with van der Waals surface area (Å²) in [6.45, 7) is -0.196. The van der Waals surface area contributed by atoms with Crippen LogP contribution in [0.1, 0.15) is 0 Å². The molecule has 0 aliphatic carbocycles. The third-order valence-electron chi connectivity index (χ3n) is 2.81. The topological polar surface area (TPSA) is 50.4 Å². The number of amides is 1. The molecule has 0 fully saturated rings. The van der Waals surface area contributed by atoms with Crippen molar-refractivity contribution < 1.29 is 22.7 Å². The van der Waals surface area contributed by atoms with Crippen molar-refractivity contribution in [2.75, 3.05) is 24.3 Å². The number of hydrogen-bond donors (Lipinski definition) is 2. The van der Waals surface area contributed by atoms with Crippen LogP contribution in [0.25, 0.3) is 0 Å². The van der Waals surface area contributed by atoms with Crippen LogP contribution in [0.3, 0.4) is 0 Å². The number of anilines is 2. The Morgan fingerprint density at radius 3 is 2.32 bits per heavy atom. The molecule has 0 heterocycles. The van der Waals surface area contributed by atoms with E-state index in [1.807, 2.05) is 0 Å². The number of carbonyl (C=O) groups excluding carboxylic acids is 1. The predicted octanol–water partition coefficient (Wildman–Crippen LogP) is 3.16. The van der Waals surface area contributed by atoms with Crippen LogP contribution in [0.15, 0.2) is 36.4 Å². The van der Waals surface area contributed by atoms with Gasteiger partial charge in [-0.3, -0.25) is 4.79 Å². The summed E-state index contributed by atoms with van der Waals surface area (Å²) in [5, 5.41) is 5.04. The lowest BCUT2D eigenvalue weighted by molar-refractivity contribution is -0.114. The third-order valence-corrected chi connectivity index (χ3v) is 2.81. The normalized spacial score (nSPS) is 10.2. The first-order valence-electron chi connectivity index (χ1n) is 6.32. The largest absolute Gasteiger partial charge is 0.494 e. The fourth-order valence-electron chi connectivity index (χ4n) is 1.77. The molecule has 0 aliphatic rings. The molecule has 0 radical (unpaired) electrons. The number of benzene rings is 2. The van der Waals surface area contributed by atoms with Crippen LogP contribution in [0.5, 0.6) is 5.75 Å². The molecule has 0 aromatic heterocycles. The fraction of sp³-hybridized carbons (Fsp3) is 0.133. The molecule has 2 aromatic carbocycles. The number of ether oxygens (including phenoxy) is 1. The zero-order valence-corrected chi connectivity index (χ0v) is 11.6. The number of rotatable bonds is 5. The first-order chi connectivity index (χ1) is 10.5. The van der Waals surface area contributed by atoms with Gasteiger partial charge in [0.2, 0.25) is 5.91 Å². The summed E-state index contributed by atoms with van der Waals surface area (Å²) in [6.07, 6.45) is 0. The van der Waals surface area contributed by atoms with Crippen LogP contribution >= 0.6 is 0 Å². The van der Waals surface area contributed by atoms with E-state index in [2.05, 4.69) is 10.6 Å². The zero-order chi connectivity index (χ0) is 16.1. The van der Waals surface area contributed by atoms with E-state index in [0.29, 0.717) is 11.8 Å². The van der Waals surface area contributed by atoms with E-state index in [4.69, 9.17) is 4.74 Å². The van der Waals surface area contributed by atoms with E-state index in [-0.39, 0.29) is 18.0 Å². The summed E-state index contributed by atoms with van der Waals surface area (Å²) in [5.41, 5.74) is 0.290. The zero-order valence-electron chi connectivity index (χ0n) is 11.6. The molecule has 2 rings (SSSR count). The summed E-state index contributed by atoms with van der Waals surface area (Å²) >= 11 is 0. The second-order valence-corrected chi connectivity index (χ2v) is 4.37. The lowest BCUT2D eigenvalue weighted by Crippen LogP contribution is -2.22. The number of nitrogens with one attached hydrogen (secondary N) is 2. The maximum atomic E-state index is 13.4. The van der Waals surface area contributed by atoms with Crippen LogP contribution in [0, 0.1) is 17.5 Å². The Hall–Kier alpha value is -2.70. The van der Waals surface area contributed by atoms with Crippen molar-refractivity contribution in [3.05, 3.63) is 53.8 Å². The molecule has 1 amide bonds. The van der Waals surface area contributed by atoms with Crippen LogP contribution in [0.4, 0.5) is 24.5 Å². The SMILES string of the molecule is COc1cc(F)ccc1NCC(=O)Nc1ccc(F)cc1F. The Balaban J connectivity index is 1.98. The minimum atomic E-state index is -0.868. The molecule has 116 valence electrons. The molecule has 7 heteroatoms. The van der Waals surface area contributed by atoms with Crippen molar-refractivity contribution in [1.29, 1.82) is 0 Å². The van der Waals surface area contributed by atoms with Gasteiger partial charge >= 0.3 is 0 Å². The van der Waals surface area contributed by atoms with Gasteiger partial charge in [-0.2, -0.15) is 0 Å². The Labute approximate surface area is 124 Å². The van der Waals surface area contributed by atoms with Crippen LogP contribution in [-0.4, -0.2) is 19.6 Å². The Morgan fingerprint density at radius 1 is 1.05 bits per heavy atom. The minimum Gasteiger partial charge on any atom is -0.494 e. The highest BCUT2D eigenvalue weighted by Gasteiger charge is 2.10. The summed E-state index contributed by atoms with van der Waals surface area (Å²) in [5.74, 6) is -2.38. The number of halogens is 3. The van der Waals surface area contributed by atoms with Crippen molar-refractivity contribution in [1.82, 2.24) is 0 Å². The smallest absolute Gasteiger partial charge is 0.243 e. The van der Waals surface area contributed by atoms with Crippen LogP contribution in [-0.2, 0) is 4.79 Å². The summed E-state index contributed by atoms with van der Waals surface area (Å²) in [6, 6.07) is 6.63. The Morgan fingerprint density at radius 2 is 1.68 bits per heavy atom. The van der Waals surface area contributed by atoms with Gasteiger partial charge in [0.15, 0.2) is 0 Å². The highest BCUT2D eigenvalue weighted by atomic mass is 19.1. The van der Waals surface area contributed by atoms with E-state index in [0.717, 1.165) is 12.1 Å². The van der Waals surface area contributed by atoms with Gasteiger partial charge in [-0.1, -0.05) is 0 Å². The molecular weight excluding hydrogens is 297 g/mol. The molecule has 0 atom stereocenters. The molecule has 0 saturated heterocycles. The van der Waals surface area contributed by atoms with Crippen molar-refractivity contribution in [3.8, 4) is 5.75 Å². The van der Waals surface area contributed by atoms with Crippen LogP contribution < -0.4 is 15.4 Å². The van der Waals surface area contributed by atoms with E-state index in [1.165, 1.54) is 25.3 Å². The maximum absolute atomic E-state index is 13.4. The lowest BCUT2D eigenvalue weighted by Gasteiger charge is -2.11. The van der Waals surface area contributed by atoms with Gasteiger partial charge in [0, 0.05) is 12.1 Å². The first kappa shape index (κ1) is 15.7. The molecule has 0 unspecified atom stereocenters. The highest BCUT2D eigenvalue weighted by Crippen LogP contribution is 2.24. The van der Waals surface area contributed by atoms with Gasteiger partial charge in [0.1, 0.15) is 23.2 Å². The van der Waals surface area contributed by atoms with E-state index < -0.39 is 23.4 Å². The monoisotopic (exact) mass is 310 g/mol. The molecule has 2 aromatic rings. The van der Waals surface area contributed by atoms with Gasteiger partial charge in [-0.05, 0) is 24.3 Å². The lowest BCUT2D eigenvalue weighted by atomic mass is 10.2. The van der Waals surface area contributed by atoms with E-state index in [9.17, 15) is 18.0 Å². The van der Waals surface area contributed by atoms with Crippen molar-refractivity contribution >= 4 is 17.3 Å². The predicted molar refractivity (Wildman–Crippen MR) is 76.4 cm³/mol. The Kier molecular flexibility index (Phi) is 4.88. The maximum Gasteiger partial charge on any atom is 0.243 e. The summed E-state index contributed by atoms with van der Waals surface area (Å²) in [7, 11) is 1.37. The second kappa shape index (κ2) is 6.84. The molecule has 0 spiro atoms. The van der Waals surface area contributed by atoms with Gasteiger partial charge < -0.3 is 15.4 Å². The molecule has 2 N–H and O–H groups in total. The third kappa shape index (κ3) is 3.91. The average Bonchev–Trinajstić information content (AvgIpc) is 2.48. The minimum absolute atomic E-state index is 0.126. The quantitative estimate of drug-likeness (QED) is 0.892. The number of methoxy groups -OCH3 is 1. The number of carbonyl (C=O) groups is 1. The average molecular weight is 310 g/mol. The summed E-state index contributed by atoms with van der Waals surface area (Å²) in [4.78, 5) is 11.7. The molecule has 0 aliphatic heterocycles. The fourth-order valence-corrected chi connectivity index (χ4v) is 1.77. The number of hydrogen-bond acceptors (Lipinski definition) is 3. The van der Waals surface area contributed by atoms with E-state index in [1.54, 1.807) is 0 Å². The molecule has 0 saturated carbocycles. The van der Waals surface area contributed by atoms with E-state index >= 15 is 0 Å². The van der Waals surface area contributed by atoms with Crippen molar-refractivity contribution in [2.45, 2.75) is 0 Å².